The standard InChI is InChI=1S/C14H19Cl2NO2/c1-14(2,3)17(5-4-13(18)19)9-10-6-11(15)8-12(16)7-10/h6-8H,4-5,9H2,1-3H3,(H,18,19). The molecule has 0 heterocycles. The predicted molar refractivity (Wildman–Crippen MR) is 78.9 cm³/mol. The van der Waals surface area contributed by atoms with Crippen molar-refractivity contribution < 1.29 is 9.90 Å². The van der Waals surface area contributed by atoms with Gasteiger partial charge in [-0.05, 0) is 44.5 Å². The van der Waals surface area contributed by atoms with Crippen LogP contribution >= 0.6 is 23.2 Å². The first-order valence-corrected chi connectivity index (χ1v) is 6.86. The summed E-state index contributed by atoms with van der Waals surface area (Å²) in [6.07, 6.45) is 0.117. The second kappa shape index (κ2) is 6.60. The van der Waals surface area contributed by atoms with Crippen LogP contribution < -0.4 is 0 Å². The van der Waals surface area contributed by atoms with Crippen molar-refractivity contribution in [3.05, 3.63) is 33.8 Å². The molecule has 5 heteroatoms. The quantitative estimate of drug-likeness (QED) is 0.891. The van der Waals surface area contributed by atoms with Gasteiger partial charge in [-0.15, -0.1) is 0 Å². The third-order valence-corrected chi connectivity index (χ3v) is 3.28. The van der Waals surface area contributed by atoms with Crippen LogP contribution in [0.25, 0.3) is 0 Å². The van der Waals surface area contributed by atoms with Crippen LogP contribution in [0.1, 0.15) is 32.8 Å². The van der Waals surface area contributed by atoms with Crippen LogP contribution in [0, 0.1) is 0 Å². The fourth-order valence-electron chi connectivity index (χ4n) is 1.80. The summed E-state index contributed by atoms with van der Waals surface area (Å²) in [5.41, 5.74) is 0.863. The number of hydrogen-bond donors (Lipinski definition) is 1. The lowest BCUT2D eigenvalue weighted by atomic mass is 10.0. The van der Waals surface area contributed by atoms with E-state index >= 15 is 0 Å². The molecule has 0 aliphatic rings. The predicted octanol–water partition coefficient (Wildman–Crippen LogP) is 4.07. The number of carbonyl (C=O) groups is 1. The SMILES string of the molecule is CC(C)(C)N(CCC(=O)O)Cc1cc(Cl)cc(Cl)c1. The van der Waals surface area contributed by atoms with Crippen molar-refractivity contribution in [2.45, 2.75) is 39.3 Å². The Morgan fingerprint density at radius 2 is 1.74 bits per heavy atom. The van der Waals surface area contributed by atoms with Crippen LogP contribution in [0.2, 0.25) is 10.0 Å². The summed E-state index contributed by atoms with van der Waals surface area (Å²) in [5, 5.41) is 10.00. The third-order valence-electron chi connectivity index (χ3n) is 2.84. The fraction of sp³-hybridized carbons (Fsp3) is 0.500. The summed E-state index contributed by atoms with van der Waals surface area (Å²) in [6.45, 7) is 7.28. The maximum absolute atomic E-state index is 10.7. The van der Waals surface area contributed by atoms with E-state index in [2.05, 4.69) is 25.7 Å². The zero-order valence-electron chi connectivity index (χ0n) is 11.4. The monoisotopic (exact) mass is 303 g/mol. The van der Waals surface area contributed by atoms with E-state index in [4.69, 9.17) is 28.3 Å². The zero-order chi connectivity index (χ0) is 14.6. The second-order valence-electron chi connectivity index (χ2n) is 5.51. The Morgan fingerprint density at radius 3 is 2.16 bits per heavy atom. The molecule has 3 nitrogen and oxygen atoms in total. The number of halogens is 2. The molecule has 19 heavy (non-hydrogen) atoms. The molecule has 0 atom stereocenters. The number of rotatable bonds is 5. The molecule has 0 aliphatic heterocycles. The van der Waals surface area contributed by atoms with Crippen molar-refractivity contribution in [2.24, 2.45) is 0 Å². The zero-order valence-corrected chi connectivity index (χ0v) is 12.9. The van der Waals surface area contributed by atoms with Gasteiger partial charge in [-0.1, -0.05) is 23.2 Å². The van der Waals surface area contributed by atoms with Crippen LogP contribution in [0.3, 0.4) is 0 Å². The molecule has 0 saturated carbocycles. The van der Waals surface area contributed by atoms with Crippen LogP contribution in [0.5, 0.6) is 0 Å². The van der Waals surface area contributed by atoms with Crippen LogP contribution in [0.15, 0.2) is 18.2 Å². The number of carboxylic acid groups (broad SMARTS) is 1. The minimum atomic E-state index is -0.793. The van der Waals surface area contributed by atoms with Gasteiger partial charge in [0, 0.05) is 28.7 Å². The van der Waals surface area contributed by atoms with E-state index < -0.39 is 5.97 Å². The highest BCUT2D eigenvalue weighted by Crippen LogP contribution is 2.23. The van der Waals surface area contributed by atoms with Crippen molar-refractivity contribution in [1.29, 1.82) is 0 Å². The molecule has 0 unspecified atom stereocenters. The Balaban J connectivity index is 2.84. The molecule has 1 aromatic rings. The second-order valence-corrected chi connectivity index (χ2v) is 6.39. The first-order valence-electron chi connectivity index (χ1n) is 6.10. The minimum absolute atomic E-state index is 0.117. The van der Waals surface area contributed by atoms with E-state index in [0.717, 1.165) is 5.56 Å². The van der Waals surface area contributed by atoms with E-state index in [1.165, 1.54) is 0 Å². The summed E-state index contributed by atoms with van der Waals surface area (Å²) in [7, 11) is 0. The number of hydrogen-bond acceptors (Lipinski definition) is 2. The Hall–Kier alpha value is -0.770. The largest absolute Gasteiger partial charge is 0.481 e. The molecule has 1 aromatic carbocycles. The number of nitrogens with zero attached hydrogens (tertiary/aromatic N) is 1. The normalized spacial score (nSPS) is 11.9. The highest BCUT2D eigenvalue weighted by atomic mass is 35.5. The Kier molecular flexibility index (Phi) is 5.65. The average Bonchev–Trinajstić information content (AvgIpc) is 2.20. The van der Waals surface area contributed by atoms with E-state index in [9.17, 15) is 4.79 Å². The maximum atomic E-state index is 10.7. The van der Waals surface area contributed by atoms with Crippen LogP contribution in [0.4, 0.5) is 0 Å². The lowest BCUT2D eigenvalue weighted by molar-refractivity contribution is -0.137. The number of aliphatic carboxylic acids is 1. The molecule has 0 saturated heterocycles. The maximum Gasteiger partial charge on any atom is 0.304 e. The minimum Gasteiger partial charge on any atom is -0.481 e. The lowest BCUT2D eigenvalue weighted by Gasteiger charge is -2.35. The highest BCUT2D eigenvalue weighted by Gasteiger charge is 2.22. The Morgan fingerprint density at radius 1 is 1.21 bits per heavy atom. The fourth-order valence-corrected chi connectivity index (χ4v) is 2.38. The Labute approximate surface area is 124 Å². The van der Waals surface area contributed by atoms with Crippen LogP contribution in [-0.4, -0.2) is 28.1 Å². The number of benzene rings is 1. The lowest BCUT2D eigenvalue weighted by Crippen LogP contribution is -2.42. The van der Waals surface area contributed by atoms with Crippen molar-refractivity contribution >= 4 is 29.2 Å². The third kappa shape index (κ3) is 5.81. The van der Waals surface area contributed by atoms with Crippen molar-refractivity contribution in [3.8, 4) is 0 Å². The average molecular weight is 304 g/mol. The van der Waals surface area contributed by atoms with Crippen LogP contribution in [-0.2, 0) is 11.3 Å². The summed E-state index contributed by atoms with van der Waals surface area (Å²) < 4.78 is 0. The van der Waals surface area contributed by atoms with Crippen molar-refractivity contribution in [1.82, 2.24) is 4.90 Å². The molecular formula is C14H19Cl2NO2. The van der Waals surface area contributed by atoms with Crippen molar-refractivity contribution in [2.75, 3.05) is 6.54 Å². The van der Waals surface area contributed by atoms with Gasteiger partial charge in [0.1, 0.15) is 0 Å². The Bertz CT molecular complexity index is 435. The smallest absolute Gasteiger partial charge is 0.304 e. The van der Waals surface area contributed by atoms with E-state index in [-0.39, 0.29) is 12.0 Å². The molecule has 0 bridgehead atoms. The molecule has 0 amide bonds. The van der Waals surface area contributed by atoms with Gasteiger partial charge in [0.15, 0.2) is 0 Å². The molecule has 0 radical (unpaired) electrons. The first kappa shape index (κ1) is 16.3. The molecule has 1 rings (SSSR count). The number of carboxylic acids is 1. The topological polar surface area (TPSA) is 40.5 Å². The highest BCUT2D eigenvalue weighted by molar-refractivity contribution is 6.34. The van der Waals surface area contributed by atoms with Gasteiger partial charge >= 0.3 is 5.97 Å². The van der Waals surface area contributed by atoms with Gasteiger partial charge in [0.2, 0.25) is 0 Å². The van der Waals surface area contributed by atoms with Gasteiger partial charge in [-0.2, -0.15) is 0 Å². The molecule has 0 fully saturated rings. The molecule has 106 valence electrons. The molecule has 0 aliphatic carbocycles. The van der Waals surface area contributed by atoms with Gasteiger partial charge < -0.3 is 5.11 Å². The van der Waals surface area contributed by atoms with Gasteiger partial charge in [0.25, 0.3) is 0 Å². The summed E-state index contributed by atoms with van der Waals surface area (Å²) in [5.74, 6) is -0.793. The summed E-state index contributed by atoms with van der Waals surface area (Å²) >= 11 is 12.0. The summed E-state index contributed by atoms with van der Waals surface area (Å²) in [6, 6.07) is 5.39. The molecular weight excluding hydrogens is 285 g/mol. The van der Waals surface area contributed by atoms with Gasteiger partial charge in [-0.3, -0.25) is 9.69 Å². The molecule has 0 aromatic heterocycles. The van der Waals surface area contributed by atoms with Crippen molar-refractivity contribution in [3.63, 3.8) is 0 Å². The summed E-state index contributed by atoms with van der Waals surface area (Å²) in [4.78, 5) is 12.8. The van der Waals surface area contributed by atoms with E-state index in [1.54, 1.807) is 6.07 Å². The first-order chi connectivity index (χ1) is 8.68. The van der Waals surface area contributed by atoms with Gasteiger partial charge in [0.05, 0.1) is 6.42 Å². The van der Waals surface area contributed by atoms with E-state index in [0.29, 0.717) is 23.1 Å². The molecule has 0 spiro atoms. The van der Waals surface area contributed by atoms with E-state index in [1.807, 2.05) is 12.1 Å². The van der Waals surface area contributed by atoms with Gasteiger partial charge in [-0.25, -0.2) is 0 Å². The molecule has 1 N–H and O–H groups in total.